The quantitative estimate of drug-likeness (QED) is 0.908. The molecule has 0 radical (unpaired) electrons. The van der Waals surface area contributed by atoms with Crippen LogP contribution in [0.5, 0.6) is 0 Å². The van der Waals surface area contributed by atoms with Crippen LogP contribution in [0, 0.1) is 13.8 Å². The number of hydrogen-bond acceptors (Lipinski definition) is 2. The zero-order chi connectivity index (χ0) is 17.7. The Morgan fingerprint density at radius 2 is 1.71 bits per heavy atom. The molecule has 4 heteroatoms. The van der Waals surface area contributed by atoms with Crippen LogP contribution in [-0.4, -0.2) is 23.3 Å². The summed E-state index contributed by atoms with van der Waals surface area (Å²) in [6.45, 7) is 7.43. The van der Waals surface area contributed by atoms with Gasteiger partial charge in [0.2, 0.25) is 11.8 Å². The number of nitrogens with zero attached hydrogens (tertiary/aromatic N) is 1. The molecular formula is C20H24N2O2. The molecular weight excluding hydrogens is 300 g/mol. The molecule has 2 aromatic rings. The molecule has 2 amide bonds. The fourth-order valence-electron chi connectivity index (χ4n) is 2.66. The van der Waals surface area contributed by atoms with Crippen molar-refractivity contribution in [3.8, 4) is 0 Å². The summed E-state index contributed by atoms with van der Waals surface area (Å²) in [6.07, 6.45) is 0. The van der Waals surface area contributed by atoms with E-state index in [0.29, 0.717) is 0 Å². The fraction of sp³-hybridized carbons (Fsp3) is 0.300. The number of aryl methyl sites for hydroxylation is 1. The molecule has 0 aliphatic carbocycles. The van der Waals surface area contributed by atoms with Crippen LogP contribution in [0.1, 0.15) is 36.6 Å². The van der Waals surface area contributed by atoms with E-state index < -0.39 is 0 Å². The average Bonchev–Trinajstić information content (AvgIpc) is 2.57. The van der Waals surface area contributed by atoms with E-state index in [-0.39, 0.29) is 24.4 Å². The third kappa shape index (κ3) is 4.22. The summed E-state index contributed by atoms with van der Waals surface area (Å²) < 4.78 is 0. The Balaban J connectivity index is 2.12. The Morgan fingerprint density at radius 3 is 2.33 bits per heavy atom. The number of carbonyl (C=O) groups is 2. The van der Waals surface area contributed by atoms with Gasteiger partial charge in [-0.3, -0.25) is 9.59 Å². The van der Waals surface area contributed by atoms with Gasteiger partial charge in [0.15, 0.2) is 0 Å². The predicted molar refractivity (Wildman–Crippen MR) is 96.8 cm³/mol. The lowest BCUT2D eigenvalue weighted by atomic mass is 10.1. The number of hydrogen-bond donors (Lipinski definition) is 1. The number of carbonyl (C=O) groups excluding carboxylic acids is 2. The van der Waals surface area contributed by atoms with Crippen molar-refractivity contribution in [3.63, 3.8) is 0 Å². The summed E-state index contributed by atoms with van der Waals surface area (Å²) in [5.74, 6) is -0.316. The Morgan fingerprint density at radius 1 is 1.04 bits per heavy atom. The van der Waals surface area contributed by atoms with Crippen LogP contribution in [0.4, 0.5) is 5.69 Å². The van der Waals surface area contributed by atoms with Crippen LogP contribution in [0.3, 0.4) is 0 Å². The largest absolute Gasteiger partial charge is 0.327 e. The van der Waals surface area contributed by atoms with Crippen LogP contribution in [-0.2, 0) is 9.59 Å². The van der Waals surface area contributed by atoms with Gasteiger partial charge in [-0.25, -0.2) is 0 Å². The van der Waals surface area contributed by atoms with Gasteiger partial charge in [-0.15, -0.1) is 0 Å². The minimum Gasteiger partial charge on any atom is -0.327 e. The molecule has 2 rings (SSSR count). The molecule has 0 aliphatic heterocycles. The molecule has 0 aliphatic rings. The molecule has 0 saturated carbocycles. The van der Waals surface area contributed by atoms with Crippen LogP contribution < -0.4 is 5.32 Å². The van der Waals surface area contributed by atoms with Crippen molar-refractivity contribution in [2.45, 2.75) is 33.7 Å². The number of amides is 2. The van der Waals surface area contributed by atoms with E-state index in [1.165, 1.54) is 6.92 Å². The van der Waals surface area contributed by atoms with Gasteiger partial charge in [0.05, 0.1) is 6.04 Å². The van der Waals surface area contributed by atoms with Crippen molar-refractivity contribution >= 4 is 17.5 Å². The molecule has 0 heterocycles. The van der Waals surface area contributed by atoms with Crippen molar-refractivity contribution in [1.29, 1.82) is 0 Å². The summed E-state index contributed by atoms with van der Waals surface area (Å²) >= 11 is 0. The third-order valence-corrected chi connectivity index (χ3v) is 4.35. The normalized spacial score (nSPS) is 11.7. The summed E-state index contributed by atoms with van der Waals surface area (Å²) in [4.78, 5) is 26.0. The second-order valence-electron chi connectivity index (χ2n) is 6.03. The zero-order valence-electron chi connectivity index (χ0n) is 14.7. The highest BCUT2D eigenvalue weighted by molar-refractivity contribution is 5.95. The van der Waals surface area contributed by atoms with Gasteiger partial charge in [-0.05, 0) is 43.5 Å². The SMILES string of the molecule is CC(=O)N(CC(=O)Nc1cccc(C)c1C)C(C)c1ccccc1. The van der Waals surface area contributed by atoms with Gasteiger partial charge in [-0.1, -0.05) is 42.5 Å². The lowest BCUT2D eigenvalue weighted by molar-refractivity contribution is -0.134. The van der Waals surface area contributed by atoms with E-state index in [0.717, 1.165) is 22.4 Å². The summed E-state index contributed by atoms with van der Waals surface area (Å²) in [5.41, 5.74) is 3.95. The van der Waals surface area contributed by atoms with E-state index in [1.807, 2.05) is 69.3 Å². The van der Waals surface area contributed by atoms with Gasteiger partial charge in [0.25, 0.3) is 0 Å². The van der Waals surface area contributed by atoms with Gasteiger partial charge in [-0.2, -0.15) is 0 Å². The first-order valence-electron chi connectivity index (χ1n) is 8.08. The van der Waals surface area contributed by atoms with E-state index in [1.54, 1.807) is 4.90 Å². The number of nitrogens with one attached hydrogen (secondary N) is 1. The number of rotatable bonds is 5. The monoisotopic (exact) mass is 324 g/mol. The first-order chi connectivity index (χ1) is 11.4. The molecule has 0 saturated heterocycles. The highest BCUT2D eigenvalue weighted by Crippen LogP contribution is 2.21. The summed E-state index contributed by atoms with van der Waals surface area (Å²) in [7, 11) is 0. The van der Waals surface area contributed by atoms with Crippen LogP contribution in [0.2, 0.25) is 0 Å². The number of benzene rings is 2. The molecule has 1 N–H and O–H groups in total. The molecule has 0 aromatic heterocycles. The van der Waals surface area contributed by atoms with Crippen LogP contribution in [0.25, 0.3) is 0 Å². The molecule has 4 nitrogen and oxygen atoms in total. The maximum Gasteiger partial charge on any atom is 0.244 e. The highest BCUT2D eigenvalue weighted by Gasteiger charge is 2.21. The maximum absolute atomic E-state index is 12.4. The Hall–Kier alpha value is -2.62. The molecule has 0 bridgehead atoms. The molecule has 126 valence electrons. The van der Waals surface area contributed by atoms with Gasteiger partial charge in [0.1, 0.15) is 6.54 Å². The molecule has 1 unspecified atom stereocenters. The maximum atomic E-state index is 12.4. The van der Waals surface area contributed by atoms with Gasteiger partial charge in [0, 0.05) is 12.6 Å². The Kier molecular flexibility index (Phi) is 5.74. The minimum absolute atomic E-state index is 0.0266. The van der Waals surface area contributed by atoms with Gasteiger partial charge < -0.3 is 10.2 Å². The van der Waals surface area contributed by atoms with Crippen LogP contribution >= 0.6 is 0 Å². The van der Waals surface area contributed by atoms with Crippen molar-refractivity contribution in [2.75, 3.05) is 11.9 Å². The molecule has 0 fully saturated rings. The highest BCUT2D eigenvalue weighted by atomic mass is 16.2. The average molecular weight is 324 g/mol. The van der Waals surface area contributed by atoms with Crippen molar-refractivity contribution in [1.82, 2.24) is 4.90 Å². The third-order valence-electron chi connectivity index (χ3n) is 4.35. The fourth-order valence-corrected chi connectivity index (χ4v) is 2.66. The topological polar surface area (TPSA) is 49.4 Å². The summed E-state index contributed by atoms with van der Waals surface area (Å²) in [5, 5.41) is 2.91. The van der Waals surface area contributed by atoms with Crippen molar-refractivity contribution < 1.29 is 9.59 Å². The molecule has 1 atom stereocenters. The van der Waals surface area contributed by atoms with E-state index in [9.17, 15) is 9.59 Å². The first-order valence-corrected chi connectivity index (χ1v) is 8.08. The minimum atomic E-state index is -0.193. The van der Waals surface area contributed by atoms with Crippen molar-refractivity contribution in [3.05, 3.63) is 65.2 Å². The van der Waals surface area contributed by atoms with Crippen LogP contribution in [0.15, 0.2) is 48.5 Å². The predicted octanol–water partition coefficient (Wildman–Crippen LogP) is 3.85. The van der Waals surface area contributed by atoms with Gasteiger partial charge >= 0.3 is 0 Å². The number of anilines is 1. The van der Waals surface area contributed by atoms with E-state index >= 15 is 0 Å². The zero-order valence-corrected chi connectivity index (χ0v) is 14.7. The molecule has 0 spiro atoms. The van der Waals surface area contributed by atoms with E-state index in [4.69, 9.17) is 0 Å². The lowest BCUT2D eigenvalue weighted by Crippen LogP contribution is -2.38. The lowest BCUT2D eigenvalue weighted by Gasteiger charge is -2.28. The molecule has 2 aromatic carbocycles. The second kappa shape index (κ2) is 7.77. The van der Waals surface area contributed by atoms with Crippen molar-refractivity contribution in [2.24, 2.45) is 0 Å². The first kappa shape index (κ1) is 17.7. The van der Waals surface area contributed by atoms with E-state index in [2.05, 4.69) is 5.32 Å². The Labute approximate surface area is 143 Å². The standard InChI is InChI=1S/C20H24N2O2/c1-14-9-8-12-19(15(14)2)21-20(24)13-22(17(4)23)16(3)18-10-6-5-7-11-18/h5-12,16H,13H2,1-4H3,(H,21,24). The second-order valence-corrected chi connectivity index (χ2v) is 6.03. The smallest absolute Gasteiger partial charge is 0.244 e. The summed E-state index contributed by atoms with van der Waals surface area (Å²) in [6, 6.07) is 15.3. The molecule has 24 heavy (non-hydrogen) atoms. The Bertz CT molecular complexity index is 726.